The van der Waals surface area contributed by atoms with Crippen molar-refractivity contribution in [2.75, 3.05) is 7.11 Å². The van der Waals surface area contributed by atoms with Crippen molar-refractivity contribution in [2.45, 2.75) is 91.4 Å². The van der Waals surface area contributed by atoms with Crippen LogP contribution in [0.15, 0.2) is 33.9 Å². The predicted octanol–water partition coefficient (Wildman–Crippen LogP) is 6.67. The van der Waals surface area contributed by atoms with E-state index in [1.165, 1.54) is 87.2 Å². The monoisotopic (exact) mass is 344 g/mol. The van der Waals surface area contributed by atoms with E-state index in [0.717, 1.165) is 18.4 Å². The molecule has 0 radical (unpaired) electrons. The summed E-state index contributed by atoms with van der Waals surface area (Å²) in [7, 11) is 1.50. The summed E-state index contributed by atoms with van der Waals surface area (Å²) >= 11 is 0. The van der Waals surface area contributed by atoms with Gasteiger partial charge in [-0.25, -0.2) is 4.79 Å². The van der Waals surface area contributed by atoms with E-state index in [-0.39, 0.29) is 5.97 Å². The van der Waals surface area contributed by atoms with Crippen LogP contribution in [-0.2, 0) is 9.53 Å². The van der Waals surface area contributed by atoms with E-state index < -0.39 is 0 Å². The minimum absolute atomic E-state index is 0.165. The summed E-state index contributed by atoms with van der Waals surface area (Å²) in [6, 6.07) is 0. The van der Waals surface area contributed by atoms with Crippen molar-refractivity contribution in [2.24, 2.45) is 5.92 Å². The molecule has 140 valence electrons. The highest BCUT2D eigenvalue weighted by atomic mass is 16.5. The lowest BCUT2D eigenvalue weighted by atomic mass is 9.89. The number of carbonyl (C=O) groups is 1. The van der Waals surface area contributed by atoms with Crippen LogP contribution < -0.4 is 0 Å². The fourth-order valence-corrected chi connectivity index (χ4v) is 4.41. The highest BCUT2D eigenvalue weighted by Gasteiger charge is 2.37. The fourth-order valence-electron chi connectivity index (χ4n) is 4.41. The van der Waals surface area contributed by atoms with Crippen LogP contribution in [0, 0.1) is 5.92 Å². The number of ether oxygens (including phenoxy) is 1. The van der Waals surface area contributed by atoms with Gasteiger partial charge in [0.1, 0.15) is 0 Å². The van der Waals surface area contributed by atoms with Crippen molar-refractivity contribution in [1.82, 2.24) is 0 Å². The fraction of sp³-hybridized carbons (Fsp3) is 0.696. The van der Waals surface area contributed by atoms with Crippen molar-refractivity contribution in [3.8, 4) is 0 Å². The Morgan fingerprint density at radius 2 is 1.76 bits per heavy atom. The molecule has 2 aliphatic rings. The minimum atomic E-state index is -0.165. The molecule has 0 aromatic rings. The van der Waals surface area contributed by atoms with E-state index >= 15 is 0 Å². The second-order valence-corrected chi connectivity index (χ2v) is 7.70. The van der Waals surface area contributed by atoms with Gasteiger partial charge in [-0.15, -0.1) is 0 Å². The normalized spacial score (nSPS) is 19.5. The smallest absolute Gasteiger partial charge is 0.338 e. The molecule has 0 saturated carbocycles. The van der Waals surface area contributed by atoms with Crippen LogP contribution in [0.1, 0.15) is 91.4 Å². The van der Waals surface area contributed by atoms with Gasteiger partial charge >= 0.3 is 5.97 Å². The molecular weight excluding hydrogens is 308 g/mol. The van der Waals surface area contributed by atoms with E-state index in [1.807, 2.05) is 0 Å². The number of unbranched alkanes of at least 4 members (excludes halogenated alkanes) is 6. The molecule has 1 unspecified atom stereocenters. The number of hydrogen-bond acceptors (Lipinski definition) is 2. The maximum Gasteiger partial charge on any atom is 0.338 e. The molecule has 0 heterocycles. The van der Waals surface area contributed by atoms with Crippen LogP contribution in [0.4, 0.5) is 0 Å². The van der Waals surface area contributed by atoms with E-state index in [4.69, 9.17) is 4.74 Å². The van der Waals surface area contributed by atoms with Crippen molar-refractivity contribution >= 4 is 5.97 Å². The van der Waals surface area contributed by atoms with Crippen LogP contribution in [0.25, 0.3) is 0 Å². The predicted molar refractivity (Wildman–Crippen MR) is 105 cm³/mol. The summed E-state index contributed by atoms with van der Waals surface area (Å²) in [6.07, 6.45) is 16.0. The van der Waals surface area contributed by atoms with Crippen LogP contribution in [0.3, 0.4) is 0 Å². The first-order valence-electron chi connectivity index (χ1n) is 10.4. The van der Waals surface area contributed by atoms with Gasteiger partial charge in [-0.05, 0) is 61.3 Å². The zero-order chi connectivity index (χ0) is 18.2. The van der Waals surface area contributed by atoms with Gasteiger partial charge in [0.2, 0.25) is 0 Å². The zero-order valence-electron chi connectivity index (χ0n) is 16.7. The highest BCUT2D eigenvalue weighted by Crippen LogP contribution is 2.49. The molecule has 0 fully saturated rings. The Bertz CT molecular complexity index is 563. The summed E-state index contributed by atoms with van der Waals surface area (Å²) in [6.45, 7) is 6.72. The summed E-state index contributed by atoms with van der Waals surface area (Å²) in [4.78, 5) is 12.3. The molecule has 0 aromatic heterocycles. The van der Waals surface area contributed by atoms with E-state index in [9.17, 15) is 4.79 Å². The van der Waals surface area contributed by atoms with Crippen molar-refractivity contribution < 1.29 is 9.53 Å². The average molecular weight is 345 g/mol. The van der Waals surface area contributed by atoms with Gasteiger partial charge in [0.25, 0.3) is 0 Å². The number of rotatable bonds is 11. The second-order valence-electron chi connectivity index (χ2n) is 7.70. The van der Waals surface area contributed by atoms with Crippen molar-refractivity contribution in [3.05, 3.63) is 33.9 Å². The van der Waals surface area contributed by atoms with Gasteiger partial charge in [0.15, 0.2) is 0 Å². The minimum Gasteiger partial charge on any atom is -0.465 e. The first-order chi connectivity index (χ1) is 12.1. The van der Waals surface area contributed by atoms with Gasteiger partial charge in [-0.2, -0.15) is 0 Å². The Hall–Kier alpha value is -1.31. The molecule has 1 atom stereocenters. The van der Waals surface area contributed by atoms with Crippen LogP contribution >= 0.6 is 0 Å². The average Bonchev–Trinajstić information content (AvgIpc) is 3.14. The lowest BCUT2D eigenvalue weighted by molar-refractivity contribution is -0.135. The highest BCUT2D eigenvalue weighted by molar-refractivity contribution is 5.98. The number of allylic oxidation sites excluding steroid dienone is 4. The third kappa shape index (κ3) is 4.86. The Morgan fingerprint density at radius 1 is 1.08 bits per heavy atom. The summed E-state index contributed by atoms with van der Waals surface area (Å²) in [5.41, 5.74) is 6.35. The van der Waals surface area contributed by atoms with Crippen LogP contribution in [0.5, 0.6) is 0 Å². The molecule has 2 aliphatic carbocycles. The molecule has 0 aromatic carbocycles. The summed E-state index contributed by atoms with van der Waals surface area (Å²) in [5.74, 6) is 0.452. The number of methoxy groups -OCH3 is 1. The lowest BCUT2D eigenvalue weighted by Crippen LogP contribution is -2.06. The first-order valence-corrected chi connectivity index (χ1v) is 10.4. The standard InChI is InChI=1S/C23H36O2/c1-5-7-9-11-13-18-15-17(3)21-20(23(24)25-4)16-19(22(18)21)14-12-10-8-6-2/h16,18H,5-15H2,1-4H3. The number of hydrogen-bond donors (Lipinski definition) is 0. The second kappa shape index (κ2) is 9.99. The Morgan fingerprint density at radius 3 is 2.40 bits per heavy atom. The summed E-state index contributed by atoms with van der Waals surface area (Å²) < 4.78 is 5.06. The molecule has 25 heavy (non-hydrogen) atoms. The first kappa shape index (κ1) is 20.0. The molecule has 2 nitrogen and oxygen atoms in total. The molecule has 0 bridgehead atoms. The topological polar surface area (TPSA) is 26.3 Å². The molecule has 2 rings (SSSR count). The summed E-state index contributed by atoms with van der Waals surface area (Å²) in [5, 5.41) is 0. The quantitative estimate of drug-likeness (QED) is 0.309. The number of carbonyl (C=O) groups excluding carboxylic acids is 1. The van der Waals surface area contributed by atoms with Gasteiger partial charge in [-0.3, -0.25) is 0 Å². The Balaban J connectivity index is 2.14. The van der Waals surface area contributed by atoms with E-state index in [2.05, 4.69) is 26.8 Å². The largest absolute Gasteiger partial charge is 0.465 e. The van der Waals surface area contributed by atoms with E-state index in [1.54, 1.807) is 0 Å². The van der Waals surface area contributed by atoms with E-state index in [0.29, 0.717) is 5.92 Å². The third-order valence-electron chi connectivity index (χ3n) is 5.70. The molecule has 0 amide bonds. The molecule has 0 saturated heterocycles. The van der Waals surface area contributed by atoms with Gasteiger partial charge < -0.3 is 4.74 Å². The lowest BCUT2D eigenvalue weighted by Gasteiger charge is -2.15. The van der Waals surface area contributed by atoms with Crippen molar-refractivity contribution in [3.63, 3.8) is 0 Å². The van der Waals surface area contributed by atoms with Crippen molar-refractivity contribution in [1.29, 1.82) is 0 Å². The Labute approximate surface area is 154 Å². The maximum absolute atomic E-state index is 12.3. The number of esters is 1. The number of fused-ring (bicyclic) bond motifs is 1. The molecule has 2 heteroatoms. The Kier molecular flexibility index (Phi) is 7.99. The SMILES string of the molecule is CCCCCCC1=C2C(=C(C)CC2CCCCCC)C(C(=O)OC)=C1. The third-order valence-corrected chi connectivity index (χ3v) is 5.70. The molecular formula is C23H36O2. The van der Waals surface area contributed by atoms with Gasteiger partial charge in [0.05, 0.1) is 12.7 Å². The van der Waals surface area contributed by atoms with Crippen LogP contribution in [-0.4, -0.2) is 13.1 Å². The zero-order valence-corrected chi connectivity index (χ0v) is 16.7. The molecule has 0 spiro atoms. The molecule has 0 aliphatic heterocycles. The van der Waals surface area contributed by atoms with Gasteiger partial charge in [-0.1, -0.05) is 64.4 Å². The molecule has 0 N–H and O–H groups in total. The van der Waals surface area contributed by atoms with Gasteiger partial charge in [0, 0.05) is 0 Å². The van der Waals surface area contributed by atoms with Crippen LogP contribution in [0.2, 0.25) is 0 Å². The maximum atomic E-state index is 12.3.